The van der Waals surface area contributed by atoms with Crippen LogP contribution in [0.2, 0.25) is 0 Å². The SMILES string of the molecule is Cc1ccc(-n2ncc3c2CC(C)(C)C[C@@H]3NCc2ccc(CO)o2)cc1. The number of aliphatic hydroxyl groups is 1. The molecular weight excluding hydrogens is 338 g/mol. The van der Waals surface area contributed by atoms with Gasteiger partial charge in [0.25, 0.3) is 0 Å². The van der Waals surface area contributed by atoms with Crippen molar-refractivity contribution in [3.8, 4) is 5.69 Å². The largest absolute Gasteiger partial charge is 0.462 e. The van der Waals surface area contributed by atoms with E-state index in [9.17, 15) is 0 Å². The van der Waals surface area contributed by atoms with Crippen molar-refractivity contribution in [3.05, 3.63) is 70.9 Å². The maximum atomic E-state index is 9.17. The van der Waals surface area contributed by atoms with E-state index in [2.05, 4.69) is 55.0 Å². The zero-order chi connectivity index (χ0) is 19.0. The van der Waals surface area contributed by atoms with Gasteiger partial charge in [0.1, 0.15) is 18.1 Å². The van der Waals surface area contributed by atoms with Gasteiger partial charge in [-0.3, -0.25) is 0 Å². The average molecular weight is 365 g/mol. The lowest BCUT2D eigenvalue weighted by atomic mass is 9.74. The van der Waals surface area contributed by atoms with Gasteiger partial charge in [0.2, 0.25) is 0 Å². The van der Waals surface area contributed by atoms with Gasteiger partial charge in [-0.15, -0.1) is 0 Å². The second-order valence-electron chi connectivity index (χ2n) is 8.30. The van der Waals surface area contributed by atoms with E-state index in [0.29, 0.717) is 12.3 Å². The quantitative estimate of drug-likeness (QED) is 0.715. The van der Waals surface area contributed by atoms with Crippen LogP contribution in [0.4, 0.5) is 0 Å². The molecule has 0 saturated carbocycles. The molecule has 1 atom stereocenters. The summed E-state index contributed by atoms with van der Waals surface area (Å²) < 4.78 is 7.70. The Morgan fingerprint density at radius 3 is 2.63 bits per heavy atom. The molecule has 27 heavy (non-hydrogen) atoms. The Kier molecular flexibility index (Phi) is 4.66. The van der Waals surface area contributed by atoms with Crippen molar-refractivity contribution in [2.24, 2.45) is 5.41 Å². The van der Waals surface area contributed by atoms with Gasteiger partial charge in [-0.05, 0) is 49.4 Å². The Balaban J connectivity index is 1.60. The Labute approximate surface area is 160 Å². The van der Waals surface area contributed by atoms with Crippen LogP contribution < -0.4 is 5.32 Å². The van der Waals surface area contributed by atoms with Gasteiger partial charge < -0.3 is 14.8 Å². The average Bonchev–Trinajstić information content (AvgIpc) is 3.26. The molecule has 2 aromatic heterocycles. The standard InChI is InChI=1S/C22H27N3O2/c1-15-4-6-16(7-5-15)25-21-11-22(2,3)10-20(19(21)13-24-25)23-12-17-8-9-18(14-26)27-17/h4-9,13,20,23,26H,10-12,14H2,1-3H3/t20-/m0/s1. The minimum atomic E-state index is -0.0655. The van der Waals surface area contributed by atoms with E-state index >= 15 is 0 Å². The van der Waals surface area contributed by atoms with E-state index in [0.717, 1.165) is 24.3 Å². The first kappa shape index (κ1) is 18.0. The summed E-state index contributed by atoms with van der Waals surface area (Å²) in [5, 5.41) is 17.5. The molecule has 0 unspecified atom stereocenters. The molecule has 4 rings (SSSR count). The van der Waals surface area contributed by atoms with Crippen LogP contribution in [0.25, 0.3) is 5.69 Å². The van der Waals surface area contributed by atoms with E-state index < -0.39 is 0 Å². The Morgan fingerprint density at radius 1 is 1.19 bits per heavy atom. The van der Waals surface area contributed by atoms with Crippen molar-refractivity contribution in [1.82, 2.24) is 15.1 Å². The number of nitrogens with zero attached hydrogens (tertiary/aromatic N) is 2. The first-order valence-electron chi connectivity index (χ1n) is 9.51. The van der Waals surface area contributed by atoms with E-state index in [1.165, 1.54) is 16.8 Å². The zero-order valence-corrected chi connectivity index (χ0v) is 16.2. The number of benzene rings is 1. The molecule has 0 amide bonds. The lowest BCUT2D eigenvalue weighted by molar-refractivity contribution is 0.235. The minimum absolute atomic E-state index is 0.0655. The second-order valence-corrected chi connectivity index (χ2v) is 8.30. The van der Waals surface area contributed by atoms with E-state index in [4.69, 9.17) is 14.6 Å². The normalized spacial score (nSPS) is 18.4. The second kappa shape index (κ2) is 6.98. The molecular formula is C22H27N3O2. The molecule has 0 bridgehead atoms. The predicted octanol–water partition coefficient (Wildman–Crippen LogP) is 4.07. The smallest absolute Gasteiger partial charge is 0.129 e. The van der Waals surface area contributed by atoms with Gasteiger partial charge >= 0.3 is 0 Å². The van der Waals surface area contributed by atoms with Gasteiger partial charge in [-0.25, -0.2) is 4.68 Å². The van der Waals surface area contributed by atoms with Crippen molar-refractivity contribution in [2.75, 3.05) is 0 Å². The summed E-state index contributed by atoms with van der Waals surface area (Å²) in [4.78, 5) is 0. The lowest BCUT2D eigenvalue weighted by Crippen LogP contribution is -2.33. The number of hydrogen-bond donors (Lipinski definition) is 2. The maximum absolute atomic E-state index is 9.17. The molecule has 1 aromatic carbocycles. The number of rotatable bonds is 5. The van der Waals surface area contributed by atoms with Gasteiger partial charge in [0.05, 0.1) is 18.4 Å². The van der Waals surface area contributed by atoms with Gasteiger partial charge in [-0.2, -0.15) is 5.10 Å². The Hall–Kier alpha value is -2.37. The van der Waals surface area contributed by atoms with Crippen LogP contribution in [-0.2, 0) is 19.6 Å². The third kappa shape index (κ3) is 3.70. The summed E-state index contributed by atoms with van der Waals surface area (Å²) in [6, 6.07) is 12.5. The van der Waals surface area contributed by atoms with E-state index in [1.54, 1.807) is 0 Å². The molecule has 0 spiro atoms. The van der Waals surface area contributed by atoms with Crippen molar-refractivity contribution < 1.29 is 9.52 Å². The number of aryl methyl sites for hydroxylation is 1. The number of fused-ring (bicyclic) bond motifs is 1. The highest BCUT2D eigenvalue weighted by Crippen LogP contribution is 2.41. The molecule has 5 heteroatoms. The summed E-state index contributed by atoms with van der Waals surface area (Å²) in [6.07, 6.45) is 4.06. The number of hydrogen-bond acceptors (Lipinski definition) is 4. The fourth-order valence-electron chi connectivity index (χ4n) is 3.96. The third-order valence-electron chi connectivity index (χ3n) is 5.35. The summed E-state index contributed by atoms with van der Waals surface area (Å²) in [7, 11) is 0. The molecule has 1 aliphatic rings. The highest BCUT2D eigenvalue weighted by molar-refractivity contribution is 5.39. The molecule has 142 valence electrons. The molecule has 2 heterocycles. The van der Waals surface area contributed by atoms with Crippen LogP contribution in [0.3, 0.4) is 0 Å². The van der Waals surface area contributed by atoms with Crippen molar-refractivity contribution in [2.45, 2.75) is 52.8 Å². The van der Waals surface area contributed by atoms with Crippen LogP contribution >= 0.6 is 0 Å². The number of furan rings is 1. The first-order valence-corrected chi connectivity index (χ1v) is 9.51. The van der Waals surface area contributed by atoms with Crippen molar-refractivity contribution in [1.29, 1.82) is 0 Å². The number of aromatic nitrogens is 2. The molecule has 3 aromatic rings. The molecule has 2 N–H and O–H groups in total. The predicted molar refractivity (Wildman–Crippen MR) is 105 cm³/mol. The first-order chi connectivity index (χ1) is 12.9. The Bertz CT molecular complexity index is 921. The molecule has 0 fully saturated rings. The zero-order valence-electron chi connectivity index (χ0n) is 16.2. The summed E-state index contributed by atoms with van der Waals surface area (Å²) in [5.41, 5.74) is 5.09. The van der Waals surface area contributed by atoms with E-state index in [1.807, 2.05) is 18.3 Å². The fraction of sp³-hybridized carbons (Fsp3) is 0.409. The fourth-order valence-corrected chi connectivity index (χ4v) is 3.96. The third-order valence-corrected chi connectivity index (χ3v) is 5.35. The Morgan fingerprint density at radius 2 is 1.93 bits per heavy atom. The van der Waals surface area contributed by atoms with Crippen LogP contribution in [0, 0.1) is 12.3 Å². The van der Waals surface area contributed by atoms with Crippen molar-refractivity contribution in [3.63, 3.8) is 0 Å². The van der Waals surface area contributed by atoms with Crippen molar-refractivity contribution >= 4 is 0 Å². The van der Waals surface area contributed by atoms with Gasteiger partial charge in [0.15, 0.2) is 0 Å². The van der Waals surface area contributed by atoms with Crippen LogP contribution in [0.15, 0.2) is 47.0 Å². The number of nitrogens with one attached hydrogen (secondary N) is 1. The topological polar surface area (TPSA) is 63.2 Å². The summed E-state index contributed by atoms with van der Waals surface area (Å²) in [6.45, 7) is 7.30. The maximum Gasteiger partial charge on any atom is 0.129 e. The summed E-state index contributed by atoms with van der Waals surface area (Å²) >= 11 is 0. The van der Waals surface area contributed by atoms with Gasteiger partial charge in [-0.1, -0.05) is 31.5 Å². The lowest BCUT2D eigenvalue weighted by Gasteiger charge is -2.36. The molecule has 0 aliphatic heterocycles. The molecule has 5 nitrogen and oxygen atoms in total. The monoisotopic (exact) mass is 365 g/mol. The summed E-state index contributed by atoms with van der Waals surface area (Å²) in [5.74, 6) is 1.44. The highest BCUT2D eigenvalue weighted by atomic mass is 16.4. The van der Waals surface area contributed by atoms with Crippen LogP contribution in [0.1, 0.15) is 54.7 Å². The van der Waals surface area contributed by atoms with Crippen LogP contribution in [-0.4, -0.2) is 14.9 Å². The number of aliphatic hydroxyl groups excluding tert-OH is 1. The highest BCUT2D eigenvalue weighted by Gasteiger charge is 2.35. The molecule has 1 aliphatic carbocycles. The molecule has 0 radical (unpaired) electrons. The van der Waals surface area contributed by atoms with Gasteiger partial charge in [0, 0.05) is 17.3 Å². The van der Waals surface area contributed by atoms with E-state index in [-0.39, 0.29) is 18.1 Å². The minimum Gasteiger partial charge on any atom is -0.462 e. The van der Waals surface area contributed by atoms with Crippen LogP contribution in [0.5, 0.6) is 0 Å². The molecule has 0 saturated heterocycles.